The smallest absolute Gasteiger partial charge is 0.336 e. The highest BCUT2D eigenvalue weighted by atomic mass is 16.4. The molecule has 5 nitrogen and oxygen atoms in total. The fourth-order valence-electron chi connectivity index (χ4n) is 1.36. The zero-order chi connectivity index (χ0) is 10.7. The number of rotatable bonds is 3. The first-order valence-corrected chi connectivity index (χ1v) is 4.41. The van der Waals surface area contributed by atoms with Crippen molar-refractivity contribution in [1.29, 1.82) is 0 Å². The molecule has 0 aliphatic heterocycles. The molecule has 0 unspecified atom stereocenters. The van der Waals surface area contributed by atoms with E-state index in [0.717, 1.165) is 5.56 Å². The summed E-state index contributed by atoms with van der Waals surface area (Å²) in [6, 6.07) is 6.85. The highest BCUT2D eigenvalue weighted by molar-refractivity contribution is 5.89. The van der Waals surface area contributed by atoms with Crippen LogP contribution >= 0.6 is 0 Å². The summed E-state index contributed by atoms with van der Waals surface area (Å²) in [5, 5.41) is 12.9. The average Bonchev–Trinajstić information content (AvgIpc) is 2.71. The van der Waals surface area contributed by atoms with E-state index >= 15 is 0 Å². The van der Waals surface area contributed by atoms with E-state index < -0.39 is 5.97 Å². The van der Waals surface area contributed by atoms with Crippen LogP contribution in [-0.4, -0.2) is 25.8 Å². The molecule has 0 bridgehead atoms. The van der Waals surface area contributed by atoms with Crippen molar-refractivity contribution in [3.05, 3.63) is 48.0 Å². The summed E-state index contributed by atoms with van der Waals surface area (Å²) in [5.41, 5.74) is 1.02. The second kappa shape index (κ2) is 3.91. The highest BCUT2D eigenvalue weighted by Crippen LogP contribution is 2.09. The zero-order valence-corrected chi connectivity index (χ0v) is 7.87. The number of hydrogen-bond donors (Lipinski definition) is 1. The van der Waals surface area contributed by atoms with Gasteiger partial charge in [-0.1, -0.05) is 18.2 Å². The molecule has 2 aromatic rings. The van der Waals surface area contributed by atoms with Crippen LogP contribution in [-0.2, 0) is 6.54 Å². The first-order chi connectivity index (χ1) is 7.27. The second-order valence-corrected chi connectivity index (χ2v) is 3.06. The van der Waals surface area contributed by atoms with Gasteiger partial charge in [-0.25, -0.2) is 14.5 Å². The molecule has 1 aromatic carbocycles. The van der Waals surface area contributed by atoms with Crippen LogP contribution in [0, 0.1) is 0 Å². The Bertz CT molecular complexity index is 465. The van der Waals surface area contributed by atoms with Crippen LogP contribution in [0.4, 0.5) is 0 Å². The van der Waals surface area contributed by atoms with Crippen LogP contribution in [0.15, 0.2) is 36.9 Å². The van der Waals surface area contributed by atoms with Crippen molar-refractivity contribution < 1.29 is 9.90 Å². The van der Waals surface area contributed by atoms with Gasteiger partial charge >= 0.3 is 5.97 Å². The quantitative estimate of drug-likeness (QED) is 0.808. The molecule has 0 saturated carbocycles. The number of aromatic carboxylic acids is 1. The molecule has 0 fully saturated rings. The molecule has 1 heterocycles. The van der Waals surface area contributed by atoms with Crippen LogP contribution in [0.5, 0.6) is 0 Å². The van der Waals surface area contributed by atoms with Gasteiger partial charge in [-0.3, -0.25) is 0 Å². The summed E-state index contributed by atoms with van der Waals surface area (Å²) >= 11 is 0. The minimum atomic E-state index is -0.925. The maximum absolute atomic E-state index is 10.9. The van der Waals surface area contributed by atoms with E-state index in [1.807, 2.05) is 0 Å². The maximum atomic E-state index is 10.9. The first kappa shape index (κ1) is 9.39. The molecule has 0 aliphatic carbocycles. The van der Waals surface area contributed by atoms with Crippen molar-refractivity contribution in [1.82, 2.24) is 14.8 Å². The van der Waals surface area contributed by atoms with Crippen molar-refractivity contribution >= 4 is 5.97 Å². The Balaban J connectivity index is 2.32. The predicted molar refractivity (Wildman–Crippen MR) is 52.5 cm³/mol. The molecule has 1 aromatic heterocycles. The largest absolute Gasteiger partial charge is 0.478 e. The molecule has 0 amide bonds. The van der Waals surface area contributed by atoms with Gasteiger partial charge < -0.3 is 5.11 Å². The number of carbonyl (C=O) groups is 1. The Kier molecular flexibility index (Phi) is 2.45. The third kappa shape index (κ3) is 2.01. The summed E-state index contributed by atoms with van der Waals surface area (Å²) in [5.74, 6) is -0.925. The predicted octanol–water partition coefficient (Wildman–Crippen LogP) is 1.02. The molecule has 5 heteroatoms. The van der Waals surface area contributed by atoms with E-state index in [1.165, 1.54) is 6.33 Å². The SMILES string of the molecule is O=C(O)c1ccccc1Cn1cncn1. The van der Waals surface area contributed by atoms with Crippen LogP contribution in [0.2, 0.25) is 0 Å². The number of carboxylic acid groups (broad SMARTS) is 1. The van der Waals surface area contributed by atoms with Gasteiger partial charge in [-0.2, -0.15) is 5.10 Å². The van der Waals surface area contributed by atoms with Gasteiger partial charge in [0.05, 0.1) is 12.1 Å². The summed E-state index contributed by atoms with van der Waals surface area (Å²) in [6.45, 7) is 0.419. The van der Waals surface area contributed by atoms with Gasteiger partial charge in [0, 0.05) is 0 Å². The fourth-order valence-corrected chi connectivity index (χ4v) is 1.36. The molecule has 0 spiro atoms. The molecule has 76 valence electrons. The number of hydrogen-bond acceptors (Lipinski definition) is 3. The van der Waals surface area contributed by atoms with Crippen molar-refractivity contribution in [2.75, 3.05) is 0 Å². The molecule has 15 heavy (non-hydrogen) atoms. The number of benzene rings is 1. The maximum Gasteiger partial charge on any atom is 0.336 e. The van der Waals surface area contributed by atoms with Crippen LogP contribution in [0.1, 0.15) is 15.9 Å². The van der Waals surface area contributed by atoms with Gasteiger partial charge in [0.1, 0.15) is 12.7 Å². The fraction of sp³-hybridized carbons (Fsp3) is 0.100. The number of aromatic nitrogens is 3. The summed E-state index contributed by atoms with van der Waals surface area (Å²) < 4.78 is 1.59. The molecule has 1 N–H and O–H groups in total. The summed E-state index contributed by atoms with van der Waals surface area (Å²) in [6.07, 6.45) is 2.97. The third-order valence-electron chi connectivity index (χ3n) is 2.05. The lowest BCUT2D eigenvalue weighted by Gasteiger charge is -2.04. The number of carboxylic acids is 1. The lowest BCUT2D eigenvalue weighted by atomic mass is 10.1. The molecule has 0 atom stereocenters. The van der Waals surface area contributed by atoms with E-state index in [1.54, 1.807) is 35.3 Å². The Morgan fingerprint density at radius 1 is 1.40 bits per heavy atom. The molecule has 2 rings (SSSR count). The third-order valence-corrected chi connectivity index (χ3v) is 2.05. The standard InChI is InChI=1S/C10H9N3O2/c14-10(15)9-4-2-1-3-8(9)5-13-7-11-6-12-13/h1-4,6-7H,5H2,(H,14,15). The van der Waals surface area contributed by atoms with Gasteiger partial charge in [-0.15, -0.1) is 0 Å². The molecule has 0 radical (unpaired) electrons. The Morgan fingerprint density at radius 2 is 2.20 bits per heavy atom. The minimum Gasteiger partial charge on any atom is -0.478 e. The van der Waals surface area contributed by atoms with Crippen molar-refractivity contribution in [3.8, 4) is 0 Å². The van der Waals surface area contributed by atoms with Crippen LogP contribution in [0.3, 0.4) is 0 Å². The second-order valence-electron chi connectivity index (χ2n) is 3.06. The van der Waals surface area contributed by atoms with Crippen molar-refractivity contribution in [2.45, 2.75) is 6.54 Å². The molecule has 0 aliphatic rings. The minimum absolute atomic E-state index is 0.299. The summed E-state index contributed by atoms with van der Waals surface area (Å²) in [4.78, 5) is 14.7. The number of nitrogens with zero attached hydrogens (tertiary/aromatic N) is 3. The van der Waals surface area contributed by atoms with E-state index in [9.17, 15) is 4.79 Å². The first-order valence-electron chi connectivity index (χ1n) is 4.41. The van der Waals surface area contributed by atoms with E-state index in [-0.39, 0.29) is 0 Å². The van der Waals surface area contributed by atoms with Crippen molar-refractivity contribution in [2.24, 2.45) is 0 Å². The Hall–Kier alpha value is -2.17. The molecule has 0 saturated heterocycles. The van der Waals surface area contributed by atoms with E-state index in [0.29, 0.717) is 12.1 Å². The Labute approximate surface area is 86.0 Å². The monoisotopic (exact) mass is 203 g/mol. The zero-order valence-electron chi connectivity index (χ0n) is 7.87. The van der Waals surface area contributed by atoms with Gasteiger partial charge in [0.25, 0.3) is 0 Å². The average molecular weight is 203 g/mol. The van der Waals surface area contributed by atoms with E-state index in [2.05, 4.69) is 10.1 Å². The summed E-state index contributed by atoms with van der Waals surface area (Å²) in [7, 11) is 0. The highest BCUT2D eigenvalue weighted by Gasteiger charge is 2.08. The molecular formula is C10H9N3O2. The van der Waals surface area contributed by atoms with Gasteiger partial charge in [-0.05, 0) is 11.6 Å². The van der Waals surface area contributed by atoms with Gasteiger partial charge in [0.2, 0.25) is 0 Å². The normalized spacial score (nSPS) is 10.1. The van der Waals surface area contributed by atoms with E-state index in [4.69, 9.17) is 5.11 Å². The van der Waals surface area contributed by atoms with Crippen molar-refractivity contribution in [3.63, 3.8) is 0 Å². The Morgan fingerprint density at radius 3 is 2.87 bits per heavy atom. The van der Waals surface area contributed by atoms with Crippen LogP contribution in [0.25, 0.3) is 0 Å². The lowest BCUT2D eigenvalue weighted by molar-refractivity contribution is 0.0695. The van der Waals surface area contributed by atoms with Crippen LogP contribution < -0.4 is 0 Å². The molecular weight excluding hydrogens is 194 g/mol. The van der Waals surface area contributed by atoms with Gasteiger partial charge in [0.15, 0.2) is 0 Å². The lowest BCUT2D eigenvalue weighted by Crippen LogP contribution is -2.07. The topological polar surface area (TPSA) is 68.0 Å².